The molecule has 0 heterocycles. The molecule has 0 bridgehead atoms. The molecule has 0 unspecified atom stereocenters. The molecule has 1 aromatic rings. The van der Waals surface area contributed by atoms with Crippen LogP contribution in [0, 0.1) is 38.4 Å². The molecular weight excluding hydrogens is 524 g/mol. The number of Topliss-reactive ketones (excluding diaryl/α,β-unsaturated/α-hetero) is 1. The first kappa shape index (κ1) is 29.3. The van der Waals surface area contributed by atoms with Crippen molar-refractivity contribution < 1.29 is 24.2 Å². The Balaban J connectivity index is 1.36. The molecule has 5 heteroatoms. The number of rotatable bonds is 4. The van der Waals surface area contributed by atoms with Crippen molar-refractivity contribution in [1.82, 2.24) is 0 Å². The minimum Gasteiger partial charge on any atom is -0.460 e. The number of fused-ring (bicyclic) bond motifs is 7. The van der Waals surface area contributed by atoms with Crippen molar-refractivity contribution in [3.8, 4) is 0 Å². The van der Waals surface area contributed by atoms with E-state index in [0.29, 0.717) is 12.5 Å². The highest BCUT2D eigenvalue weighted by atomic mass is 16.5. The lowest BCUT2D eigenvalue weighted by Crippen LogP contribution is -2.62. The van der Waals surface area contributed by atoms with Crippen LogP contribution < -0.4 is 0 Å². The molecule has 0 spiro atoms. The summed E-state index contributed by atoms with van der Waals surface area (Å²) in [6.07, 6.45) is 12.4. The van der Waals surface area contributed by atoms with Crippen molar-refractivity contribution in [2.24, 2.45) is 38.4 Å². The van der Waals surface area contributed by atoms with Crippen LogP contribution in [0.15, 0.2) is 65.3 Å². The van der Waals surface area contributed by atoms with Gasteiger partial charge in [0.05, 0.1) is 17.4 Å². The van der Waals surface area contributed by atoms with Gasteiger partial charge in [-0.25, -0.2) is 0 Å². The Bertz CT molecular complexity index is 1450. The second-order valence-corrected chi connectivity index (χ2v) is 15.5. The summed E-state index contributed by atoms with van der Waals surface area (Å²) >= 11 is 0. The van der Waals surface area contributed by atoms with Gasteiger partial charge in [0.25, 0.3) is 0 Å². The van der Waals surface area contributed by atoms with Gasteiger partial charge in [-0.2, -0.15) is 0 Å². The Morgan fingerprint density at radius 3 is 2.26 bits per heavy atom. The van der Waals surface area contributed by atoms with E-state index in [1.807, 2.05) is 36.4 Å². The fourth-order valence-electron chi connectivity index (χ4n) is 9.93. The van der Waals surface area contributed by atoms with Crippen LogP contribution in [0.2, 0.25) is 0 Å². The molecule has 1 aromatic carbocycles. The van der Waals surface area contributed by atoms with Gasteiger partial charge in [-0.3, -0.25) is 14.4 Å². The monoisotopic (exact) mass is 570 g/mol. The van der Waals surface area contributed by atoms with Gasteiger partial charge in [-0.05, 0) is 104 Å². The second-order valence-electron chi connectivity index (χ2n) is 15.5. The molecule has 6 rings (SSSR count). The molecule has 0 aliphatic heterocycles. The summed E-state index contributed by atoms with van der Waals surface area (Å²) in [5.41, 5.74) is 1.89. The lowest BCUT2D eigenvalue weighted by Gasteiger charge is -2.70. The van der Waals surface area contributed by atoms with Gasteiger partial charge in [0.15, 0.2) is 0 Å². The normalized spacial score (nSPS) is 42.6. The van der Waals surface area contributed by atoms with Crippen LogP contribution in [0.1, 0.15) is 92.1 Å². The largest absolute Gasteiger partial charge is 0.460 e. The molecule has 3 saturated carbocycles. The zero-order chi connectivity index (χ0) is 30.3. The number of ether oxygens (including phenoxy) is 1. The van der Waals surface area contributed by atoms with Crippen LogP contribution in [0.3, 0.4) is 0 Å². The summed E-state index contributed by atoms with van der Waals surface area (Å²) in [6.45, 7) is 13.3. The van der Waals surface area contributed by atoms with E-state index in [9.17, 15) is 19.5 Å². The molecule has 224 valence electrons. The number of ketones is 2. The van der Waals surface area contributed by atoms with Gasteiger partial charge in [0.2, 0.25) is 11.6 Å². The Hall–Kier alpha value is -2.79. The first-order valence-electron chi connectivity index (χ1n) is 15.7. The van der Waals surface area contributed by atoms with E-state index in [0.717, 1.165) is 61.7 Å². The van der Waals surface area contributed by atoms with E-state index in [1.54, 1.807) is 13.0 Å². The van der Waals surface area contributed by atoms with E-state index < -0.39 is 22.4 Å². The van der Waals surface area contributed by atoms with Crippen molar-refractivity contribution >= 4 is 17.5 Å². The summed E-state index contributed by atoms with van der Waals surface area (Å²) in [5, 5.41) is 10.3. The van der Waals surface area contributed by atoms with Crippen LogP contribution in [-0.4, -0.2) is 29.2 Å². The Morgan fingerprint density at radius 2 is 1.57 bits per heavy atom. The first-order valence-corrected chi connectivity index (χ1v) is 15.7. The number of esters is 1. The summed E-state index contributed by atoms with van der Waals surface area (Å²) in [5.74, 6) is -0.781. The third-order valence-corrected chi connectivity index (χ3v) is 13.2. The quantitative estimate of drug-likeness (QED) is 0.309. The number of aliphatic hydroxyl groups is 1. The molecule has 7 atom stereocenters. The SMILES string of the molecule is C[C@@]1(C(=O)OCc2ccccc2)CC[C@]2(C)CC[C@]3(C)C4=CC=C5C(=CC(=O)C(=O)[C@@]5(C)CO)[C@]4(C)CC[C@@]3(C)[C@@H]2C1. The zero-order valence-electron chi connectivity index (χ0n) is 26.1. The standard InChI is InChI=1S/C37H46O5/c1-32-14-15-33(2,31(41)42-22-24-10-8-7-9-11-24)21-29(32)37(6)19-17-34(3)26-20-27(39)30(40)35(4,23-38)25(26)12-13-28(34)36(37,5)18-16-32/h7-13,20,29,38H,14-19,21-23H2,1-6H3/t29-,32-,33-,34+,35+,36-,37+/m1/s1. The van der Waals surface area contributed by atoms with Gasteiger partial charge >= 0.3 is 5.97 Å². The van der Waals surface area contributed by atoms with E-state index in [-0.39, 0.29) is 34.2 Å². The molecule has 0 radical (unpaired) electrons. The highest BCUT2D eigenvalue weighted by molar-refractivity contribution is 6.45. The smallest absolute Gasteiger partial charge is 0.312 e. The number of benzene rings is 1. The summed E-state index contributed by atoms with van der Waals surface area (Å²) < 4.78 is 5.94. The molecule has 0 amide bonds. The molecule has 5 aliphatic carbocycles. The maximum Gasteiger partial charge on any atom is 0.312 e. The highest BCUT2D eigenvalue weighted by Gasteiger charge is 2.68. The van der Waals surface area contributed by atoms with Crippen molar-refractivity contribution in [2.45, 2.75) is 93.1 Å². The minimum atomic E-state index is -1.20. The Morgan fingerprint density at radius 1 is 0.881 bits per heavy atom. The Labute approximate surface area is 250 Å². The minimum absolute atomic E-state index is 0.0482. The summed E-state index contributed by atoms with van der Waals surface area (Å²) in [7, 11) is 0. The second kappa shape index (κ2) is 9.35. The average molecular weight is 571 g/mol. The first-order chi connectivity index (χ1) is 19.7. The van der Waals surface area contributed by atoms with Crippen molar-refractivity contribution in [3.05, 3.63) is 70.8 Å². The van der Waals surface area contributed by atoms with E-state index in [1.165, 1.54) is 5.57 Å². The fraction of sp³-hybridized carbons (Fsp3) is 0.595. The van der Waals surface area contributed by atoms with Gasteiger partial charge in [-0.15, -0.1) is 0 Å². The molecule has 5 nitrogen and oxygen atoms in total. The maximum atomic E-state index is 13.7. The summed E-state index contributed by atoms with van der Waals surface area (Å²) in [6, 6.07) is 9.89. The van der Waals surface area contributed by atoms with Crippen LogP contribution in [0.5, 0.6) is 0 Å². The maximum absolute atomic E-state index is 13.7. The van der Waals surface area contributed by atoms with E-state index in [4.69, 9.17) is 4.74 Å². The lowest BCUT2D eigenvalue weighted by molar-refractivity contribution is -0.183. The van der Waals surface area contributed by atoms with Crippen LogP contribution >= 0.6 is 0 Å². The third-order valence-electron chi connectivity index (χ3n) is 13.2. The predicted octanol–water partition coefficient (Wildman–Crippen LogP) is 7.09. The topological polar surface area (TPSA) is 80.7 Å². The fourth-order valence-corrected chi connectivity index (χ4v) is 9.93. The van der Waals surface area contributed by atoms with Crippen LogP contribution in [-0.2, 0) is 25.7 Å². The van der Waals surface area contributed by atoms with Crippen LogP contribution in [0.25, 0.3) is 0 Å². The average Bonchev–Trinajstić information content (AvgIpc) is 2.98. The molecule has 1 N–H and O–H groups in total. The zero-order valence-corrected chi connectivity index (χ0v) is 26.1. The number of hydrogen-bond donors (Lipinski definition) is 1. The molecule has 3 fully saturated rings. The number of hydrogen-bond acceptors (Lipinski definition) is 5. The molecule has 0 saturated heterocycles. The third kappa shape index (κ3) is 3.81. The van der Waals surface area contributed by atoms with Gasteiger partial charge < -0.3 is 9.84 Å². The van der Waals surface area contributed by atoms with Crippen molar-refractivity contribution in [3.63, 3.8) is 0 Å². The van der Waals surface area contributed by atoms with Gasteiger partial charge in [0, 0.05) is 5.41 Å². The Kier molecular flexibility index (Phi) is 6.52. The molecule has 0 aromatic heterocycles. The number of aliphatic hydroxyl groups excluding tert-OH is 1. The number of carbonyl (C=O) groups is 3. The van der Waals surface area contributed by atoms with Crippen molar-refractivity contribution in [2.75, 3.05) is 6.61 Å². The summed E-state index contributed by atoms with van der Waals surface area (Å²) in [4.78, 5) is 39.5. The highest BCUT2D eigenvalue weighted by Crippen LogP contribution is 2.75. The number of allylic oxidation sites excluding steroid dienone is 5. The van der Waals surface area contributed by atoms with E-state index >= 15 is 0 Å². The predicted molar refractivity (Wildman–Crippen MR) is 162 cm³/mol. The molecule has 42 heavy (non-hydrogen) atoms. The molecule has 5 aliphatic rings. The molecular formula is C37H46O5. The van der Waals surface area contributed by atoms with Gasteiger partial charge in [-0.1, -0.05) is 75.8 Å². The lowest BCUT2D eigenvalue weighted by atomic mass is 9.34. The van der Waals surface area contributed by atoms with Gasteiger partial charge in [0.1, 0.15) is 6.61 Å². The van der Waals surface area contributed by atoms with Crippen molar-refractivity contribution in [1.29, 1.82) is 0 Å². The van der Waals surface area contributed by atoms with Crippen LogP contribution in [0.4, 0.5) is 0 Å². The number of carbonyl (C=O) groups excluding carboxylic acids is 3. The van der Waals surface area contributed by atoms with E-state index in [2.05, 4.69) is 40.7 Å².